The van der Waals surface area contributed by atoms with E-state index in [9.17, 15) is 24.3 Å². The van der Waals surface area contributed by atoms with Crippen molar-refractivity contribution in [3.05, 3.63) is 60.2 Å². The van der Waals surface area contributed by atoms with E-state index in [1.165, 1.54) is 4.90 Å². The number of ether oxygens (including phenoxy) is 2. The van der Waals surface area contributed by atoms with E-state index in [1.807, 2.05) is 42.5 Å². The monoisotopic (exact) mass is 593 g/mol. The molecule has 1 aromatic carbocycles. The van der Waals surface area contributed by atoms with Gasteiger partial charge in [-0.1, -0.05) is 74.4 Å². The summed E-state index contributed by atoms with van der Waals surface area (Å²) >= 11 is 0. The molecule has 0 radical (unpaired) electrons. The molecule has 7 atom stereocenters. The highest BCUT2D eigenvalue weighted by Gasteiger charge is 2.74. The fourth-order valence-corrected chi connectivity index (χ4v) is 6.90. The van der Waals surface area contributed by atoms with Gasteiger partial charge >= 0.3 is 5.97 Å². The second kappa shape index (κ2) is 13.4. The summed E-state index contributed by atoms with van der Waals surface area (Å²) in [4.78, 5) is 58.3. The van der Waals surface area contributed by atoms with Crippen molar-refractivity contribution in [2.45, 2.75) is 82.3 Å². The summed E-state index contributed by atoms with van der Waals surface area (Å²) in [6.07, 6.45) is 9.79. The van der Waals surface area contributed by atoms with Gasteiger partial charge in [-0.15, -0.1) is 0 Å². The van der Waals surface area contributed by atoms with Gasteiger partial charge in [-0.3, -0.25) is 19.2 Å². The average Bonchev–Trinajstić information content (AvgIpc) is 3.65. The van der Waals surface area contributed by atoms with E-state index in [-0.39, 0.29) is 31.4 Å². The molecule has 3 amide bonds. The van der Waals surface area contributed by atoms with Crippen LogP contribution < -0.4 is 5.32 Å². The van der Waals surface area contributed by atoms with Gasteiger partial charge in [0.25, 0.3) is 0 Å². The number of benzene rings is 1. The lowest BCUT2D eigenvalue weighted by Gasteiger charge is -2.39. The van der Waals surface area contributed by atoms with Crippen LogP contribution in [0.2, 0.25) is 0 Å². The second-order valence-electron chi connectivity index (χ2n) is 12.0. The summed E-state index contributed by atoms with van der Waals surface area (Å²) < 4.78 is 12.2. The van der Waals surface area contributed by atoms with E-state index >= 15 is 0 Å². The van der Waals surface area contributed by atoms with Gasteiger partial charge in [-0.2, -0.15) is 0 Å². The van der Waals surface area contributed by atoms with Crippen molar-refractivity contribution in [3.63, 3.8) is 0 Å². The average molecular weight is 594 g/mol. The predicted molar refractivity (Wildman–Crippen MR) is 158 cm³/mol. The minimum absolute atomic E-state index is 0.147. The molecule has 0 aliphatic carbocycles. The summed E-state index contributed by atoms with van der Waals surface area (Å²) in [5.74, 6) is -3.35. The van der Waals surface area contributed by atoms with Crippen LogP contribution in [0.15, 0.2) is 54.6 Å². The zero-order valence-electron chi connectivity index (χ0n) is 25.0. The number of hydrogen-bond acceptors (Lipinski definition) is 7. The Morgan fingerprint density at radius 3 is 2.63 bits per heavy atom. The molecule has 5 bridgehead atoms. The number of hydrogen-bond donors (Lipinski definition) is 2. The Hall–Kier alpha value is -3.50. The fraction of sp³-hybridized carbons (Fsp3) is 0.576. The number of cyclic esters (lactones) is 1. The van der Waals surface area contributed by atoms with Gasteiger partial charge in [0.05, 0.1) is 31.2 Å². The maximum absolute atomic E-state index is 14.7. The molecule has 10 heteroatoms. The molecule has 10 nitrogen and oxygen atoms in total. The van der Waals surface area contributed by atoms with Crippen molar-refractivity contribution >= 4 is 23.7 Å². The number of aliphatic hydroxyl groups excluding tert-OH is 1. The van der Waals surface area contributed by atoms with Crippen molar-refractivity contribution in [1.82, 2.24) is 15.1 Å². The Morgan fingerprint density at radius 1 is 1.09 bits per heavy atom. The Kier molecular flexibility index (Phi) is 9.66. The van der Waals surface area contributed by atoms with Crippen LogP contribution in [-0.2, 0) is 35.1 Å². The summed E-state index contributed by atoms with van der Waals surface area (Å²) in [5, 5.41) is 13.5. The zero-order valence-corrected chi connectivity index (χ0v) is 25.0. The number of amides is 3. The molecule has 0 saturated carbocycles. The first-order valence-corrected chi connectivity index (χ1v) is 15.6. The minimum atomic E-state index is -1.36. The number of aliphatic hydroxyl groups is 1. The predicted octanol–water partition coefficient (Wildman–Crippen LogP) is 2.16. The van der Waals surface area contributed by atoms with Crippen molar-refractivity contribution in [1.29, 1.82) is 0 Å². The lowest BCUT2D eigenvalue weighted by Crippen LogP contribution is -2.59. The zero-order chi connectivity index (χ0) is 30.6. The summed E-state index contributed by atoms with van der Waals surface area (Å²) in [6.45, 7) is 4.36. The molecule has 2 N–H and O–H groups in total. The van der Waals surface area contributed by atoms with E-state index in [4.69, 9.17) is 9.47 Å². The van der Waals surface area contributed by atoms with Gasteiger partial charge in [-0.25, -0.2) is 0 Å². The Balaban J connectivity index is 1.56. The highest BCUT2D eigenvalue weighted by atomic mass is 16.6. The number of allylic oxidation sites excluding steroid dienone is 1. The highest BCUT2D eigenvalue weighted by Crippen LogP contribution is 2.56. The molecule has 2 fully saturated rings. The van der Waals surface area contributed by atoms with Gasteiger partial charge in [0, 0.05) is 19.5 Å². The lowest BCUT2D eigenvalue weighted by atomic mass is 9.74. The van der Waals surface area contributed by atoms with Gasteiger partial charge in [0.1, 0.15) is 23.7 Å². The molecule has 4 aliphatic heterocycles. The summed E-state index contributed by atoms with van der Waals surface area (Å²) in [6, 6.07) is 7.77. The number of unbranched alkanes of at least 4 members (excludes halogenated alkanes) is 2. The van der Waals surface area contributed by atoms with Gasteiger partial charge in [-0.05, 0) is 31.7 Å². The first-order valence-electron chi connectivity index (χ1n) is 15.6. The minimum Gasteiger partial charge on any atom is -0.460 e. The molecule has 1 spiro atoms. The molecule has 0 aromatic heterocycles. The first-order chi connectivity index (χ1) is 20.8. The third-order valence-corrected chi connectivity index (χ3v) is 9.01. The maximum Gasteiger partial charge on any atom is 0.313 e. The number of esters is 1. The molecule has 0 unspecified atom stereocenters. The van der Waals surface area contributed by atoms with E-state index in [1.54, 1.807) is 24.0 Å². The Morgan fingerprint density at radius 2 is 1.88 bits per heavy atom. The van der Waals surface area contributed by atoms with E-state index < -0.39 is 53.6 Å². The number of rotatable bonds is 8. The third kappa shape index (κ3) is 6.13. The topological polar surface area (TPSA) is 125 Å². The number of likely N-dealkylation sites (tertiary alicyclic amines) is 1. The number of carbonyl (C=O) groups is 4. The van der Waals surface area contributed by atoms with Gasteiger partial charge in [0.2, 0.25) is 17.7 Å². The fourth-order valence-electron chi connectivity index (χ4n) is 6.90. The smallest absolute Gasteiger partial charge is 0.313 e. The molecule has 1 aromatic rings. The normalized spacial score (nSPS) is 32.5. The molecular formula is C33H43N3O7. The molecule has 5 rings (SSSR count). The molecule has 43 heavy (non-hydrogen) atoms. The lowest BCUT2D eigenvalue weighted by molar-refractivity contribution is -0.159. The second-order valence-corrected chi connectivity index (χ2v) is 12.0. The molecular weight excluding hydrogens is 550 g/mol. The van der Waals surface area contributed by atoms with Gasteiger partial charge < -0.3 is 29.7 Å². The van der Waals surface area contributed by atoms with E-state index in [0.29, 0.717) is 25.9 Å². The Bertz CT molecular complexity index is 1250. The Labute approximate surface area is 253 Å². The van der Waals surface area contributed by atoms with Crippen molar-refractivity contribution < 1.29 is 33.8 Å². The van der Waals surface area contributed by atoms with Crippen LogP contribution in [0.1, 0.15) is 51.5 Å². The van der Waals surface area contributed by atoms with Crippen molar-refractivity contribution in [2.24, 2.45) is 11.8 Å². The summed E-state index contributed by atoms with van der Waals surface area (Å²) in [5.41, 5.74) is -0.440. The SMILES string of the molecule is CCCCCN1C/C=C\CCC(=O)NC[C@@H](C)OC(=O)[C@@H]2[C@@H]3C=C[C@]4(O3)[C@H](C1=O)N([C@@H](CO)Cc1ccccc1)C(=O)[C@@H]24. The van der Waals surface area contributed by atoms with E-state index in [0.717, 1.165) is 24.8 Å². The first kappa shape index (κ1) is 30.9. The van der Waals surface area contributed by atoms with E-state index in [2.05, 4.69) is 12.2 Å². The number of nitrogens with one attached hydrogen (secondary N) is 1. The standard InChI is InChI=1S/C33H43N3O7/c1-3-4-10-17-35-18-11-6-9-14-26(38)34-20-22(2)42-32(41)27-25-15-16-33(43-25)28(27)30(39)36(29(33)31(35)40)24(21-37)19-23-12-7-5-8-13-23/h5-8,11-13,15-16,22,24-25,27-29,37H,3-4,9-10,14,17-21H2,1-2H3,(H,34,38)/b11-6-/t22-,24-,25+,27-,28-,29+,33-/m1/s1. The van der Waals surface area contributed by atoms with Crippen LogP contribution in [0.3, 0.4) is 0 Å². The quantitative estimate of drug-likeness (QED) is 0.269. The molecule has 4 aliphatic rings. The third-order valence-electron chi connectivity index (χ3n) is 9.01. The molecule has 232 valence electrons. The number of nitrogens with zero attached hydrogens (tertiary/aromatic N) is 2. The van der Waals surface area contributed by atoms with Crippen LogP contribution in [0.25, 0.3) is 0 Å². The van der Waals surface area contributed by atoms with Crippen LogP contribution >= 0.6 is 0 Å². The molecule has 4 heterocycles. The van der Waals surface area contributed by atoms with Crippen molar-refractivity contribution in [3.8, 4) is 0 Å². The number of fused-ring (bicyclic) bond motifs is 2. The highest BCUT2D eigenvalue weighted by molar-refractivity contribution is 5.99. The maximum atomic E-state index is 14.7. The number of carbonyl (C=O) groups excluding carboxylic acids is 4. The largest absolute Gasteiger partial charge is 0.460 e. The summed E-state index contributed by atoms with van der Waals surface area (Å²) in [7, 11) is 0. The van der Waals surface area contributed by atoms with Crippen molar-refractivity contribution in [2.75, 3.05) is 26.2 Å². The van der Waals surface area contributed by atoms with Gasteiger partial charge in [0.15, 0.2) is 0 Å². The van der Waals surface area contributed by atoms with Crippen LogP contribution in [0.4, 0.5) is 0 Å². The van der Waals surface area contributed by atoms with Crippen LogP contribution in [0, 0.1) is 11.8 Å². The van der Waals surface area contributed by atoms with Crippen LogP contribution in [0.5, 0.6) is 0 Å². The van der Waals surface area contributed by atoms with Crippen LogP contribution in [-0.4, -0.2) is 94.7 Å². The molecule has 2 saturated heterocycles.